The van der Waals surface area contributed by atoms with Gasteiger partial charge in [-0.15, -0.1) is 0 Å². The van der Waals surface area contributed by atoms with E-state index in [1.165, 1.54) is 6.07 Å². The van der Waals surface area contributed by atoms with E-state index >= 15 is 0 Å². The fraction of sp³-hybridized carbons (Fsp3) is 0.300. The lowest BCUT2D eigenvalue weighted by Gasteiger charge is -2.03. The first-order valence-corrected chi connectivity index (χ1v) is 4.34. The minimum Gasteiger partial charge on any atom is -0.352 e. The van der Waals surface area contributed by atoms with Crippen molar-refractivity contribution >= 4 is 5.91 Å². The summed E-state index contributed by atoms with van der Waals surface area (Å²) in [5.41, 5.74) is 0.547. The van der Waals surface area contributed by atoms with Gasteiger partial charge in [-0.3, -0.25) is 4.79 Å². The molecule has 14 heavy (non-hydrogen) atoms. The van der Waals surface area contributed by atoms with Gasteiger partial charge in [0.05, 0.1) is 0 Å². The SMILES string of the molecule is CCC(=O)NCc1ccc(F)c(F)c1. The molecule has 1 aromatic rings. The first kappa shape index (κ1) is 10.6. The summed E-state index contributed by atoms with van der Waals surface area (Å²) in [5.74, 6) is -1.89. The second-order valence-electron chi connectivity index (χ2n) is 2.88. The predicted molar refractivity (Wildman–Crippen MR) is 48.5 cm³/mol. The third-order valence-electron chi connectivity index (χ3n) is 1.79. The van der Waals surface area contributed by atoms with Crippen molar-refractivity contribution in [1.29, 1.82) is 0 Å². The average molecular weight is 199 g/mol. The van der Waals surface area contributed by atoms with Crippen LogP contribution in [-0.2, 0) is 11.3 Å². The molecule has 0 unspecified atom stereocenters. The summed E-state index contributed by atoms with van der Waals surface area (Å²) >= 11 is 0. The van der Waals surface area contributed by atoms with E-state index in [0.29, 0.717) is 12.0 Å². The first-order valence-electron chi connectivity index (χ1n) is 4.34. The molecule has 0 aliphatic carbocycles. The van der Waals surface area contributed by atoms with Gasteiger partial charge in [-0.05, 0) is 17.7 Å². The molecule has 0 aliphatic rings. The number of nitrogens with one attached hydrogen (secondary N) is 1. The van der Waals surface area contributed by atoms with Crippen LogP contribution in [0.3, 0.4) is 0 Å². The molecule has 1 N–H and O–H groups in total. The van der Waals surface area contributed by atoms with Gasteiger partial charge in [-0.1, -0.05) is 13.0 Å². The highest BCUT2D eigenvalue weighted by Crippen LogP contribution is 2.08. The molecule has 0 fully saturated rings. The standard InChI is InChI=1S/C10H11F2NO/c1-2-10(14)13-6-7-3-4-8(11)9(12)5-7/h3-5H,2,6H2,1H3,(H,13,14). The molecule has 0 heterocycles. The third kappa shape index (κ3) is 2.80. The molecule has 1 amide bonds. The van der Waals surface area contributed by atoms with E-state index in [0.717, 1.165) is 12.1 Å². The van der Waals surface area contributed by atoms with Crippen molar-refractivity contribution in [3.8, 4) is 0 Å². The highest BCUT2D eigenvalue weighted by atomic mass is 19.2. The van der Waals surface area contributed by atoms with Crippen molar-refractivity contribution in [2.45, 2.75) is 19.9 Å². The molecule has 2 nitrogen and oxygen atoms in total. The Hall–Kier alpha value is -1.45. The fourth-order valence-electron chi connectivity index (χ4n) is 0.975. The summed E-state index contributed by atoms with van der Waals surface area (Å²) in [7, 11) is 0. The molecular formula is C10H11F2NO. The van der Waals surface area contributed by atoms with Crippen LogP contribution in [0.25, 0.3) is 0 Å². The van der Waals surface area contributed by atoms with Crippen LogP contribution in [0.5, 0.6) is 0 Å². The lowest BCUT2D eigenvalue weighted by atomic mass is 10.2. The van der Waals surface area contributed by atoms with Gasteiger partial charge in [0, 0.05) is 13.0 Å². The van der Waals surface area contributed by atoms with Crippen molar-refractivity contribution in [1.82, 2.24) is 5.32 Å². The summed E-state index contributed by atoms with van der Waals surface area (Å²) in [6.07, 6.45) is 0.379. The van der Waals surface area contributed by atoms with Gasteiger partial charge in [-0.2, -0.15) is 0 Å². The number of benzene rings is 1. The van der Waals surface area contributed by atoms with E-state index in [1.807, 2.05) is 0 Å². The van der Waals surface area contributed by atoms with Crippen LogP contribution in [0, 0.1) is 11.6 Å². The minimum absolute atomic E-state index is 0.116. The van der Waals surface area contributed by atoms with Crippen LogP contribution in [-0.4, -0.2) is 5.91 Å². The van der Waals surface area contributed by atoms with Crippen LogP contribution < -0.4 is 5.32 Å². The number of carbonyl (C=O) groups is 1. The predicted octanol–water partition coefficient (Wildman–Crippen LogP) is 1.99. The molecule has 1 aromatic carbocycles. The zero-order chi connectivity index (χ0) is 10.6. The summed E-state index contributed by atoms with van der Waals surface area (Å²) < 4.78 is 25.2. The maximum atomic E-state index is 12.7. The Morgan fingerprint density at radius 1 is 1.36 bits per heavy atom. The van der Waals surface area contributed by atoms with E-state index in [-0.39, 0.29) is 12.5 Å². The molecule has 4 heteroatoms. The highest BCUT2D eigenvalue weighted by Gasteiger charge is 2.03. The molecule has 76 valence electrons. The number of carbonyl (C=O) groups excluding carboxylic acids is 1. The third-order valence-corrected chi connectivity index (χ3v) is 1.79. The molecule has 0 saturated heterocycles. The van der Waals surface area contributed by atoms with Crippen molar-refractivity contribution in [2.75, 3.05) is 0 Å². The van der Waals surface area contributed by atoms with E-state index in [2.05, 4.69) is 5.32 Å². The van der Waals surface area contributed by atoms with Gasteiger partial charge in [0.1, 0.15) is 0 Å². The van der Waals surface area contributed by atoms with Crippen molar-refractivity contribution in [3.63, 3.8) is 0 Å². The first-order chi connectivity index (χ1) is 6.63. The lowest BCUT2D eigenvalue weighted by molar-refractivity contribution is -0.120. The van der Waals surface area contributed by atoms with Gasteiger partial charge in [0.25, 0.3) is 0 Å². The van der Waals surface area contributed by atoms with Crippen molar-refractivity contribution in [3.05, 3.63) is 35.4 Å². The smallest absolute Gasteiger partial charge is 0.219 e. The monoisotopic (exact) mass is 199 g/mol. The molecule has 0 aromatic heterocycles. The number of rotatable bonds is 3. The van der Waals surface area contributed by atoms with Crippen molar-refractivity contribution in [2.24, 2.45) is 0 Å². The topological polar surface area (TPSA) is 29.1 Å². The van der Waals surface area contributed by atoms with Crippen molar-refractivity contribution < 1.29 is 13.6 Å². The molecule has 0 atom stereocenters. The normalized spacial score (nSPS) is 9.93. The molecule has 0 aliphatic heterocycles. The van der Waals surface area contributed by atoms with Crippen LogP contribution in [0.15, 0.2) is 18.2 Å². The Balaban J connectivity index is 2.60. The van der Waals surface area contributed by atoms with E-state index < -0.39 is 11.6 Å². The van der Waals surface area contributed by atoms with Gasteiger partial charge in [0.2, 0.25) is 5.91 Å². The Labute approximate surface area is 80.9 Å². The number of amides is 1. The molecular weight excluding hydrogens is 188 g/mol. The quantitative estimate of drug-likeness (QED) is 0.792. The molecule has 0 saturated carbocycles. The van der Waals surface area contributed by atoms with Crippen LogP contribution in [0.2, 0.25) is 0 Å². The van der Waals surface area contributed by atoms with Gasteiger partial charge in [0.15, 0.2) is 11.6 Å². The Bertz CT molecular complexity index is 339. The highest BCUT2D eigenvalue weighted by molar-refractivity contribution is 5.75. The maximum Gasteiger partial charge on any atom is 0.219 e. The molecule has 0 spiro atoms. The summed E-state index contributed by atoms with van der Waals surface area (Å²) in [5, 5.41) is 2.57. The Morgan fingerprint density at radius 3 is 2.64 bits per heavy atom. The summed E-state index contributed by atoms with van der Waals surface area (Å²) in [6, 6.07) is 3.56. The van der Waals surface area contributed by atoms with Crippen LogP contribution in [0.4, 0.5) is 8.78 Å². The second-order valence-corrected chi connectivity index (χ2v) is 2.88. The molecule has 1 rings (SSSR count). The lowest BCUT2D eigenvalue weighted by Crippen LogP contribution is -2.21. The zero-order valence-corrected chi connectivity index (χ0v) is 7.81. The van der Waals surface area contributed by atoms with Gasteiger partial charge in [-0.25, -0.2) is 8.78 Å². The van der Waals surface area contributed by atoms with Crippen LogP contribution >= 0.6 is 0 Å². The fourth-order valence-corrected chi connectivity index (χ4v) is 0.975. The van der Waals surface area contributed by atoms with Gasteiger partial charge >= 0.3 is 0 Å². The number of hydrogen-bond acceptors (Lipinski definition) is 1. The van der Waals surface area contributed by atoms with E-state index in [1.54, 1.807) is 6.92 Å². The van der Waals surface area contributed by atoms with E-state index in [9.17, 15) is 13.6 Å². The number of halogens is 2. The largest absolute Gasteiger partial charge is 0.352 e. The zero-order valence-electron chi connectivity index (χ0n) is 7.81. The number of hydrogen-bond donors (Lipinski definition) is 1. The van der Waals surface area contributed by atoms with Gasteiger partial charge < -0.3 is 5.32 Å². The summed E-state index contributed by atoms with van der Waals surface area (Å²) in [4.78, 5) is 10.9. The average Bonchev–Trinajstić information content (AvgIpc) is 2.19. The minimum atomic E-state index is -0.895. The molecule has 0 radical (unpaired) electrons. The summed E-state index contributed by atoms with van der Waals surface area (Å²) in [6.45, 7) is 1.95. The van der Waals surface area contributed by atoms with E-state index in [4.69, 9.17) is 0 Å². The maximum absolute atomic E-state index is 12.7. The second kappa shape index (κ2) is 4.69. The Kier molecular flexibility index (Phi) is 3.56. The van der Waals surface area contributed by atoms with Crippen LogP contribution in [0.1, 0.15) is 18.9 Å². The molecule has 0 bridgehead atoms. The Morgan fingerprint density at radius 2 is 2.07 bits per heavy atom.